The molecule has 2 aromatic rings. The van der Waals surface area contributed by atoms with Gasteiger partial charge in [-0.3, -0.25) is 9.89 Å². The number of rotatable bonds is 5. The summed E-state index contributed by atoms with van der Waals surface area (Å²) in [4.78, 5) is 19.9. The second kappa shape index (κ2) is 5.94. The van der Waals surface area contributed by atoms with Gasteiger partial charge in [0.2, 0.25) is 11.7 Å². The van der Waals surface area contributed by atoms with Crippen LogP contribution in [0.5, 0.6) is 5.88 Å². The van der Waals surface area contributed by atoms with Crippen LogP contribution in [0.3, 0.4) is 0 Å². The van der Waals surface area contributed by atoms with Crippen LogP contribution in [0.1, 0.15) is 28.9 Å². The van der Waals surface area contributed by atoms with Gasteiger partial charge in [0.25, 0.3) is 5.91 Å². The molecule has 2 N–H and O–H groups in total. The number of carbonyl (C=O) groups excluding carboxylic acids is 1. The maximum absolute atomic E-state index is 11.8. The number of ether oxygens (including phenoxy) is 1. The number of hydrogen-bond donors (Lipinski definition) is 2. The molecule has 0 aromatic carbocycles. The Morgan fingerprint density at radius 1 is 1.53 bits per heavy atom. The molecule has 0 aliphatic carbocycles. The first-order chi connectivity index (χ1) is 9.22. The van der Waals surface area contributed by atoms with E-state index in [0.717, 1.165) is 5.56 Å². The number of carbonyl (C=O) groups is 1. The number of methoxy groups -OCH3 is 1. The zero-order chi connectivity index (χ0) is 13.7. The van der Waals surface area contributed by atoms with Crippen LogP contribution in [0.15, 0.2) is 18.3 Å². The van der Waals surface area contributed by atoms with Crippen molar-refractivity contribution in [3.8, 4) is 5.88 Å². The number of nitrogens with one attached hydrogen (secondary N) is 2. The molecule has 2 rings (SSSR count). The second-order valence-electron chi connectivity index (χ2n) is 3.85. The highest BCUT2D eigenvalue weighted by Crippen LogP contribution is 2.08. The Morgan fingerprint density at radius 2 is 2.37 bits per heavy atom. The first-order valence-corrected chi connectivity index (χ1v) is 5.91. The fourth-order valence-corrected chi connectivity index (χ4v) is 1.49. The number of H-pyrrole nitrogens is 1. The quantitative estimate of drug-likeness (QED) is 0.826. The Bertz CT molecular complexity index is 567. The highest BCUT2D eigenvalue weighted by molar-refractivity contribution is 5.90. The van der Waals surface area contributed by atoms with Gasteiger partial charge in [0.05, 0.1) is 7.11 Å². The summed E-state index contributed by atoms with van der Waals surface area (Å²) < 4.78 is 5.01. The van der Waals surface area contributed by atoms with E-state index in [2.05, 4.69) is 25.5 Å². The van der Waals surface area contributed by atoms with Crippen molar-refractivity contribution in [3.63, 3.8) is 0 Å². The van der Waals surface area contributed by atoms with E-state index in [0.29, 0.717) is 24.7 Å². The Kier molecular flexibility index (Phi) is 4.07. The van der Waals surface area contributed by atoms with Crippen LogP contribution in [-0.2, 0) is 13.0 Å². The number of pyridine rings is 1. The number of aryl methyl sites for hydroxylation is 1. The van der Waals surface area contributed by atoms with Crippen LogP contribution in [0.25, 0.3) is 0 Å². The minimum atomic E-state index is -0.313. The van der Waals surface area contributed by atoms with Gasteiger partial charge >= 0.3 is 0 Å². The number of nitrogens with zero attached hydrogens (tertiary/aromatic N) is 3. The Balaban J connectivity index is 1.96. The van der Waals surface area contributed by atoms with Crippen LogP contribution in [0, 0.1) is 0 Å². The van der Waals surface area contributed by atoms with Gasteiger partial charge in [-0.05, 0) is 11.6 Å². The predicted octanol–water partition coefficient (Wildman–Crippen LogP) is 0.701. The maximum Gasteiger partial charge on any atom is 0.291 e. The van der Waals surface area contributed by atoms with Crippen molar-refractivity contribution in [2.45, 2.75) is 19.9 Å². The standard InChI is InChI=1S/C12H15N5O2/c1-3-9-15-11(17-16-9)12(18)14-7-8-4-5-13-10(6-8)19-2/h4-6H,3,7H2,1-2H3,(H,14,18)(H,15,16,17). The molecule has 0 fully saturated rings. The fraction of sp³-hybridized carbons (Fsp3) is 0.333. The molecule has 0 aliphatic heterocycles. The van der Waals surface area contributed by atoms with Crippen molar-refractivity contribution in [2.24, 2.45) is 0 Å². The van der Waals surface area contributed by atoms with Gasteiger partial charge in [0.1, 0.15) is 5.82 Å². The van der Waals surface area contributed by atoms with Crippen LogP contribution in [0.4, 0.5) is 0 Å². The summed E-state index contributed by atoms with van der Waals surface area (Å²) in [5, 5.41) is 9.29. The van der Waals surface area contributed by atoms with Gasteiger partial charge < -0.3 is 10.1 Å². The molecule has 1 amide bonds. The number of aromatic amines is 1. The molecule has 2 aromatic heterocycles. The summed E-state index contributed by atoms with van der Waals surface area (Å²) >= 11 is 0. The average Bonchev–Trinajstić information content (AvgIpc) is 2.94. The monoisotopic (exact) mass is 261 g/mol. The van der Waals surface area contributed by atoms with Gasteiger partial charge in [-0.2, -0.15) is 0 Å². The van der Waals surface area contributed by atoms with E-state index >= 15 is 0 Å². The van der Waals surface area contributed by atoms with Crippen molar-refractivity contribution >= 4 is 5.91 Å². The summed E-state index contributed by atoms with van der Waals surface area (Å²) in [5.74, 6) is 1.04. The van der Waals surface area contributed by atoms with Crippen molar-refractivity contribution in [1.82, 2.24) is 25.5 Å². The molecule has 0 spiro atoms. The van der Waals surface area contributed by atoms with E-state index in [1.807, 2.05) is 6.92 Å². The average molecular weight is 261 g/mol. The summed E-state index contributed by atoms with van der Waals surface area (Å²) in [6, 6.07) is 3.56. The highest BCUT2D eigenvalue weighted by Gasteiger charge is 2.11. The van der Waals surface area contributed by atoms with Gasteiger partial charge in [-0.15, -0.1) is 5.10 Å². The van der Waals surface area contributed by atoms with Crippen molar-refractivity contribution in [3.05, 3.63) is 35.5 Å². The topological polar surface area (TPSA) is 92.8 Å². The predicted molar refractivity (Wildman–Crippen MR) is 67.7 cm³/mol. The number of hydrogen-bond acceptors (Lipinski definition) is 5. The summed E-state index contributed by atoms with van der Waals surface area (Å²) in [5.41, 5.74) is 0.895. The van der Waals surface area contributed by atoms with E-state index in [1.54, 1.807) is 25.4 Å². The first kappa shape index (κ1) is 13.0. The van der Waals surface area contributed by atoms with Crippen LogP contribution < -0.4 is 10.1 Å². The Morgan fingerprint density at radius 3 is 3.05 bits per heavy atom. The molecule has 0 bridgehead atoms. The normalized spacial score (nSPS) is 10.2. The minimum absolute atomic E-state index is 0.151. The minimum Gasteiger partial charge on any atom is -0.481 e. The molecule has 0 radical (unpaired) electrons. The Labute approximate surface area is 110 Å². The maximum atomic E-state index is 11.8. The molecule has 7 heteroatoms. The lowest BCUT2D eigenvalue weighted by atomic mass is 10.2. The van der Waals surface area contributed by atoms with Crippen LogP contribution >= 0.6 is 0 Å². The van der Waals surface area contributed by atoms with Crippen molar-refractivity contribution in [2.75, 3.05) is 7.11 Å². The van der Waals surface area contributed by atoms with E-state index in [9.17, 15) is 4.79 Å². The third-order valence-electron chi connectivity index (χ3n) is 2.53. The second-order valence-corrected chi connectivity index (χ2v) is 3.85. The van der Waals surface area contributed by atoms with Crippen molar-refractivity contribution in [1.29, 1.82) is 0 Å². The zero-order valence-corrected chi connectivity index (χ0v) is 10.8. The molecule has 2 heterocycles. The first-order valence-electron chi connectivity index (χ1n) is 5.91. The SMILES string of the molecule is CCc1nc(C(=O)NCc2ccnc(OC)c2)n[nH]1. The lowest BCUT2D eigenvalue weighted by Gasteiger charge is -2.04. The van der Waals surface area contributed by atoms with E-state index in [4.69, 9.17) is 4.74 Å². The third kappa shape index (κ3) is 3.27. The molecule has 0 saturated carbocycles. The molecular weight excluding hydrogens is 246 g/mol. The van der Waals surface area contributed by atoms with Crippen molar-refractivity contribution < 1.29 is 9.53 Å². The third-order valence-corrected chi connectivity index (χ3v) is 2.53. The number of amides is 1. The molecular formula is C12H15N5O2. The van der Waals surface area contributed by atoms with Gasteiger partial charge in [-0.1, -0.05) is 6.92 Å². The highest BCUT2D eigenvalue weighted by atomic mass is 16.5. The molecule has 19 heavy (non-hydrogen) atoms. The molecule has 0 unspecified atom stereocenters. The largest absolute Gasteiger partial charge is 0.481 e. The summed E-state index contributed by atoms with van der Waals surface area (Å²) in [6.45, 7) is 2.30. The lowest BCUT2D eigenvalue weighted by Crippen LogP contribution is -2.24. The molecule has 0 saturated heterocycles. The van der Waals surface area contributed by atoms with E-state index < -0.39 is 0 Å². The van der Waals surface area contributed by atoms with Gasteiger partial charge in [0, 0.05) is 25.2 Å². The number of aromatic nitrogens is 4. The molecule has 7 nitrogen and oxygen atoms in total. The Hall–Kier alpha value is -2.44. The fourth-order valence-electron chi connectivity index (χ4n) is 1.49. The van der Waals surface area contributed by atoms with Gasteiger partial charge in [-0.25, -0.2) is 9.97 Å². The summed E-state index contributed by atoms with van der Waals surface area (Å²) in [7, 11) is 1.55. The zero-order valence-electron chi connectivity index (χ0n) is 10.8. The van der Waals surface area contributed by atoms with E-state index in [-0.39, 0.29) is 11.7 Å². The molecule has 0 atom stereocenters. The van der Waals surface area contributed by atoms with Crippen LogP contribution in [-0.4, -0.2) is 33.2 Å². The van der Waals surface area contributed by atoms with E-state index in [1.165, 1.54) is 0 Å². The van der Waals surface area contributed by atoms with Gasteiger partial charge in [0.15, 0.2) is 0 Å². The van der Waals surface area contributed by atoms with Crippen LogP contribution in [0.2, 0.25) is 0 Å². The molecule has 100 valence electrons. The smallest absolute Gasteiger partial charge is 0.291 e. The lowest BCUT2D eigenvalue weighted by molar-refractivity contribution is 0.0941. The molecule has 0 aliphatic rings. The summed E-state index contributed by atoms with van der Waals surface area (Å²) in [6.07, 6.45) is 2.34.